The third-order valence-electron chi connectivity index (χ3n) is 2.80. The van der Waals surface area contributed by atoms with Crippen LogP contribution in [0.1, 0.15) is 18.9 Å². The number of nitrogens with two attached hydrogens (primary N) is 1. The summed E-state index contributed by atoms with van der Waals surface area (Å²) in [5, 5.41) is 0.628. The highest BCUT2D eigenvalue weighted by atomic mass is 35.5. The van der Waals surface area contributed by atoms with Crippen LogP contribution in [0, 0.1) is 0 Å². The SMILES string of the molecule is CCCOc1ccc(OCc2ccc(Cl)cc2N)cc1. The first kappa shape index (κ1) is 14.5. The Hall–Kier alpha value is -1.87. The van der Waals surface area contributed by atoms with Gasteiger partial charge in [0.1, 0.15) is 18.1 Å². The van der Waals surface area contributed by atoms with Gasteiger partial charge in [0.25, 0.3) is 0 Å². The van der Waals surface area contributed by atoms with Gasteiger partial charge in [-0.15, -0.1) is 0 Å². The first-order chi connectivity index (χ1) is 9.69. The summed E-state index contributed by atoms with van der Waals surface area (Å²) >= 11 is 5.86. The van der Waals surface area contributed by atoms with Crippen molar-refractivity contribution in [3.05, 3.63) is 53.1 Å². The lowest BCUT2D eigenvalue weighted by Crippen LogP contribution is -2.00. The molecule has 0 spiro atoms. The van der Waals surface area contributed by atoms with Gasteiger partial charge in [-0.25, -0.2) is 0 Å². The second kappa shape index (κ2) is 7.06. The van der Waals surface area contributed by atoms with Gasteiger partial charge in [-0.2, -0.15) is 0 Å². The predicted octanol–water partition coefficient (Wildman–Crippen LogP) is 4.29. The van der Waals surface area contributed by atoms with Crippen LogP contribution in [0.15, 0.2) is 42.5 Å². The quantitative estimate of drug-likeness (QED) is 0.808. The van der Waals surface area contributed by atoms with Crippen LogP contribution in [-0.2, 0) is 6.61 Å². The van der Waals surface area contributed by atoms with Crippen molar-refractivity contribution < 1.29 is 9.47 Å². The van der Waals surface area contributed by atoms with E-state index in [9.17, 15) is 0 Å². The van der Waals surface area contributed by atoms with E-state index in [1.807, 2.05) is 30.3 Å². The minimum atomic E-state index is 0.415. The zero-order chi connectivity index (χ0) is 14.4. The fraction of sp³-hybridized carbons (Fsp3) is 0.250. The summed E-state index contributed by atoms with van der Waals surface area (Å²) in [5.41, 5.74) is 7.44. The van der Waals surface area contributed by atoms with Crippen LogP contribution in [0.4, 0.5) is 5.69 Å². The van der Waals surface area contributed by atoms with Crippen molar-refractivity contribution >= 4 is 17.3 Å². The summed E-state index contributed by atoms with van der Waals surface area (Å²) in [5.74, 6) is 1.63. The third-order valence-corrected chi connectivity index (χ3v) is 3.03. The van der Waals surface area contributed by atoms with E-state index in [4.69, 9.17) is 26.8 Å². The van der Waals surface area contributed by atoms with E-state index in [-0.39, 0.29) is 0 Å². The lowest BCUT2D eigenvalue weighted by molar-refractivity contribution is 0.302. The van der Waals surface area contributed by atoms with Gasteiger partial charge in [0.05, 0.1) is 6.61 Å². The molecule has 0 aliphatic rings. The minimum Gasteiger partial charge on any atom is -0.494 e. The number of nitrogen functional groups attached to an aromatic ring is 1. The summed E-state index contributed by atoms with van der Waals surface area (Å²) in [6, 6.07) is 13.0. The maximum absolute atomic E-state index is 5.88. The van der Waals surface area contributed by atoms with Crippen LogP contribution in [0.5, 0.6) is 11.5 Å². The molecule has 0 aliphatic carbocycles. The van der Waals surface area contributed by atoms with Crippen molar-refractivity contribution in [3.63, 3.8) is 0 Å². The number of benzene rings is 2. The summed E-state index contributed by atoms with van der Waals surface area (Å²) < 4.78 is 11.2. The number of ether oxygens (including phenoxy) is 2. The molecule has 2 N–H and O–H groups in total. The molecule has 4 heteroatoms. The molecule has 106 valence electrons. The average molecular weight is 292 g/mol. The van der Waals surface area contributed by atoms with Crippen LogP contribution in [-0.4, -0.2) is 6.61 Å². The van der Waals surface area contributed by atoms with Crippen LogP contribution < -0.4 is 15.2 Å². The lowest BCUT2D eigenvalue weighted by atomic mass is 10.2. The zero-order valence-electron chi connectivity index (χ0n) is 11.4. The molecule has 2 aromatic carbocycles. The largest absolute Gasteiger partial charge is 0.494 e. The summed E-state index contributed by atoms with van der Waals surface area (Å²) in [4.78, 5) is 0. The van der Waals surface area contributed by atoms with E-state index < -0.39 is 0 Å². The third kappa shape index (κ3) is 4.07. The Balaban J connectivity index is 1.93. The van der Waals surface area contributed by atoms with E-state index in [1.165, 1.54) is 0 Å². The Kier molecular flexibility index (Phi) is 5.13. The van der Waals surface area contributed by atoms with E-state index in [0.717, 1.165) is 30.1 Å². The highest BCUT2D eigenvalue weighted by Gasteiger charge is 2.02. The van der Waals surface area contributed by atoms with Crippen molar-refractivity contribution in [2.75, 3.05) is 12.3 Å². The smallest absolute Gasteiger partial charge is 0.120 e. The molecule has 0 unspecified atom stereocenters. The predicted molar refractivity (Wildman–Crippen MR) is 82.4 cm³/mol. The first-order valence-corrected chi connectivity index (χ1v) is 6.96. The average Bonchev–Trinajstić information content (AvgIpc) is 2.45. The van der Waals surface area contributed by atoms with Crippen molar-refractivity contribution in [1.82, 2.24) is 0 Å². The Bertz CT molecular complexity index is 555. The van der Waals surface area contributed by atoms with Crippen LogP contribution in [0.25, 0.3) is 0 Å². The molecule has 0 saturated carbocycles. The van der Waals surface area contributed by atoms with Crippen LogP contribution >= 0.6 is 11.6 Å². The first-order valence-electron chi connectivity index (χ1n) is 6.58. The van der Waals surface area contributed by atoms with Crippen molar-refractivity contribution in [1.29, 1.82) is 0 Å². The molecule has 2 rings (SSSR count). The molecule has 0 heterocycles. The lowest BCUT2D eigenvalue weighted by Gasteiger charge is -2.10. The monoisotopic (exact) mass is 291 g/mol. The van der Waals surface area contributed by atoms with Gasteiger partial charge in [0.15, 0.2) is 0 Å². The fourth-order valence-electron chi connectivity index (χ4n) is 1.71. The molecule has 0 radical (unpaired) electrons. The standard InChI is InChI=1S/C16H18ClNO2/c1-2-9-19-14-5-7-15(8-6-14)20-11-12-3-4-13(17)10-16(12)18/h3-8,10H,2,9,11,18H2,1H3. The summed E-state index contributed by atoms with van der Waals surface area (Å²) in [7, 11) is 0. The van der Waals surface area contributed by atoms with Crippen LogP contribution in [0.3, 0.4) is 0 Å². The Morgan fingerprint density at radius 1 is 1.00 bits per heavy atom. The van der Waals surface area contributed by atoms with E-state index in [1.54, 1.807) is 12.1 Å². The topological polar surface area (TPSA) is 44.5 Å². The molecule has 0 aliphatic heterocycles. The Labute approximate surface area is 124 Å². The molecule has 0 amide bonds. The number of halogens is 1. The summed E-state index contributed by atoms with van der Waals surface area (Å²) in [6.45, 7) is 3.22. The number of hydrogen-bond donors (Lipinski definition) is 1. The molecular weight excluding hydrogens is 274 g/mol. The van der Waals surface area contributed by atoms with Gasteiger partial charge in [-0.05, 0) is 42.8 Å². The highest BCUT2D eigenvalue weighted by Crippen LogP contribution is 2.22. The zero-order valence-corrected chi connectivity index (χ0v) is 12.2. The van der Waals surface area contributed by atoms with Crippen molar-refractivity contribution in [2.24, 2.45) is 0 Å². The molecule has 3 nitrogen and oxygen atoms in total. The van der Waals surface area contributed by atoms with Crippen LogP contribution in [0.2, 0.25) is 5.02 Å². The molecule has 0 fully saturated rings. The molecular formula is C16H18ClNO2. The molecule has 0 atom stereocenters. The maximum atomic E-state index is 5.88. The number of rotatable bonds is 6. The maximum Gasteiger partial charge on any atom is 0.120 e. The molecule has 0 saturated heterocycles. The Morgan fingerprint density at radius 2 is 1.65 bits per heavy atom. The molecule has 20 heavy (non-hydrogen) atoms. The van der Waals surface area contributed by atoms with Gasteiger partial charge in [-0.1, -0.05) is 24.6 Å². The number of hydrogen-bond acceptors (Lipinski definition) is 3. The number of anilines is 1. The van der Waals surface area contributed by atoms with E-state index in [2.05, 4.69) is 6.92 Å². The highest BCUT2D eigenvalue weighted by molar-refractivity contribution is 6.30. The normalized spacial score (nSPS) is 10.3. The van der Waals surface area contributed by atoms with E-state index in [0.29, 0.717) is 17.3 Å². The van der Waals surface area contributed by atoms with E-state index >= 15 is 0 Å². The minimum absolute atomic E-state index is 0.415. The molecule has 2 aromatic rings. The Morgan fingerprint density at radius 3 is 2.25 bits per heavy atom. The second-order valence-electron chi connectivity index (χ2n) is 4.45. The van der Waals surface area contributed by atoms with Gasteiger partial charge in [0.2, 0.25) is 0 Å². The second-order valence-corrected chi connectivity index (χ2v) is 4.89. The van der Waals surface area contributed by atoms with Gasteiger partial charge >= 0.3 is 0 Å². The molecule has 0 aromatic heterocycles. The summed E-state index contributed by atoms with van der Waals surface area (Å²) in [6.07, 6.45) is 0.994. The fourth-order valence-corrected chi connectivity index (χ4v) is 1.89. The van der Waals surface area contributed by atoms with Gasteiger partial charge in [-0.3, -0.25) is 0 Å². The van der Waals surface area contributed by atoms with Gasteiger partial charge in [0, 0.05) is 16.3 Å². The van der Waals surface area contributed by atoms with Gasteiger partial charge < -0.3 is 15.2 Å². The van der Waals surface area contributed by atoms with Crippen molar-refractivity contribution in [3.8, 4) is 11.5 Å². The molecule has 0 bridgehead atoms. The van der Waals surface area contributed by atoms with Crippen molar-refractivity contribution in [2.45, 2.75) is 20.0 Å².